The Hall–Kier alpha value is -1.60. The molecule has 0 radical (unpaired) electrons. The summed E-state index contributed by atoms with van der Waals surface area (Å²) in [4.78, 5) is 21.5. The number of hydrogen-bond donors (Lipinski definition) is 0. The van der Waals surface area contributed by atoms with E-state index in [0.29, 0.717) is 12.8 Å². The lowest BCUT2D eigenvalue weighted by Crippen LogP contribution is -2.25. The van der Waals surface area contributed by atoms with E-state index in [1.54, 1.807) is 12.2 Å². The van der Waals surface area contributed by atoms with E-state index in [0.717, 1.165) is 6.29 Å². The van der Waals surface area contributed by atoms with E-state index in [9.17, 15) is 9.59 Å². The second kappa shape index (κ2) is 6.09. The molecular formula is C12H14O4. The van der Waals surface area contributed by atoms with Crippen LogP contribution in [0.15, 0.2) is 12.2 Å². The quantitative estimate of drug-likeness (QED) is 0.402. The molecule has 0 amide bonds. The van der Waals surface area contributed by atoms with Gasteiger partial charge in [-0.25, -0.2) is 0 Å². The van der Waals surface area contributed by atoms with Crippen molar-refractivity contribution in [2.24, 2.45) is 0 Å². The van der Waals surface area contributed by atoms with Crippen LogP contribution in [-0.4, -0.2) is 30.6 Å². The molecule has 0 aromatic heterocycles. The summed E-state index contributed by atoms with van der Waals surface area (Å²) in [6.45, 7) is 1.34. The molecule has 3 atom stereocenters. The molecule has 16 heavy (non-hydrogen) atoms. The molecule has 0 aliphatic carbocycles. The average molecular weight is 222 g/mol. The summed E-state index contributed by atoms with van der Waals surface area (Å²) in [6.07, 6.45) is 8.91. The van der Waals surface area contributed by atoms with Crippen LogP contribution in [0.25, 0.3) is 0 Å². The maximum Gasteiger partial charge on any atom is 0.302 e. The van der Waals surface area contributed by atoms with Crippen molar-refractivity contribution in [3.05, 3.63) is 12.2 Å². The molecule has 4 heteroatoms. The number of hydrogen-bond acceptors (Lipinski definition) is 4. The van der Waals surface area contributed by atoms with E-state index >= 15 is 0 Å². The molecule has 0 saturated carbocycles. The van der Waals surface area contributed by atoms with Crippen LogP contribution in [0.3, 0.4) is 0 Å². The molecule has 1 rings (SSSR count). The first-order valence-corrected chi connectivity index (χ1v) is 5.06. The Kier molecular flexibility index (Phi) is 4.74. The highest BCUT2D eigenvalue weighted by molar-refractivity contribution is 5.66. The third-order valence-electron chi connectivity index (χ3n) is 2.28. The first-order chi connectivity index (χ1) is 7.67. The topological polar surface area (TPSA) is 52.6 Å². The largest absolute Gasteiger partial charge is 0.460 e. The number of rotatable bonds is 4. The van der Waals surface area contributed by atoms with E-state index in [-0.39, 0.29) is 18.2 Å². The zero-order chi connectivity index (χ0) is 12.0. The van der Waals surface area contributed by atoms with Crippen molar-refractivity contribution in [1.29, 1.82) is 0 Å². The maximum absolute atomic E-state index is 10.9. The van der Waals surface area contributed by atoms with Crippen LogP contribution in [0, 0.1) is 12.3 Å². The normalized spacial score (nSPS) is 28.9. The highest BCUT2D eigenvalue weighted by Crippen LogP contribution is 2.25. The zero-order valence-corrected chi connectivity index (χ0v) is 9.09. The molecule has 0 spiro atoms. The van der Waals surface area contributed by atoms with E-state index in [1.807, 2.05) is 0 Å². The highest BCUT2D eigenvalue weighted by atomic mass is 16.6. The molecule has 1 aliphatic heterocycles. The van der Waals surface area contributed by atoms with Gasteiger partial charge in [-0.05, 0) is 12.5 Å². The maximum atomic E-state index is 10.9. The summed E-state index contributed by atoms with van der Waals surface area (Å²) in [5, 5.41) is 0. The Balaban J connectivity index is 2.57. The molecule has 1 fully saturated rings. The monoisotopic (exact) mass is 222 g/mol. The van der Waals surface area contributed by atoms with E-state index < -0.39 is 6.10 Å². The van der Waals surface area contributed by atoms with Gasteiger partial charge in [0.25, 0.3) is 0 Å². The number of aldehydes is 1. The second-order valence-electron chi connectivity index (χ2n) is 3.54. The van der Waals surface area contributed by atoms with Gasteiger partial charge in [-0.15, -0.1) is 6.42 Å². The molecule has 0 N–H and O–H groups in total. The Morgan fingerprint density at radius 3 is 3.00 bits per heavy atom. The Morgan fingerprint density at radius 1 is 1.69 bits per heavy atom. The zero-order valence-electron chi connectivity index (χ0n) is 9.09. The van der Waals surface area contributed by atoms with Gasteiger partial charge in [0.05, 0.1) is 6.10 Å². The molecule has 1 heterocycles. The summed E-state index contributed by atoms with van der Waals surface area (Å²) in [7, 11) is 0. The lowest BCUT2D eigenvalue weighted by atomic mass is 10.1. The predicted molar refractivity (Wildman–Crippen MR) is 57.5 cm³/mol. The Bertz CT molecular complexity index is 326. The number of carbonyl (C=O) groups is 2. The summed E-state index contributed by atoms with van der Waals surface area (Å²) in [5.41, 5.74) is 0. The van der Waals surface area contributed by atoms with Crippen LogP contribution in [-0.2, 0) is 19.1 Å². The molecule has 0 aromatic carbocycles. The number of allylic oxidation sites excluding steroid dienone is 1. The average Bonchev–Trinajstić information content (AvgIpc) is 2.60. The van der Waals surface area contributed by atoms with Crippen molar-refractivity contribution in [3.8, 4) is 12.3 Å². The van der Waals surface area contributed by atoms with E-state index in [1.165, 1.54) is 6.92 Å². The first kappa shape index (κ1) is 12.5. The van der Waals surface area contributed by atoms with Gasteiger partial charge < -0.3 is 14.3 Å². The molecular weight excluding hydrogens is 208 g/mol. The van der Waals surface area contributed by atoms with Gasteiger partial charge >= 0.3 is 5.97 Å². The fourth-order valence-corrected chi connectivity index (χ4v) is 1.65. The third kappa shape index (κ3) is 3.52. The number of carbonyl (C=O) groups excluding carboxylic acids is 2. The Morgan fingerprint density at radius 2 is 2.44 bits per heavy atom. The van der Waals surface area contributed by atoms with Crippen LogP contribution in [0.1, 0.15) is 19.8 Å². The lowest BCUT2D eigenvalue weighted by molar-refractivity contribution is -0.148. The van der Waals surface area contributed by atoms with Crippen LogP contribution in [0.4, 0.5) is 0 Å². The third-order valence-corrected chi connectivity index (χ3v) is 2.28. The van der Waals surface area contributed by atoms with E-state index in [4.69, 9.17) is 15.9 Å². The summed E-state index contributed by atoms with van der Waals surface area (Å²) < 4.78 is 10.5. The van der Waals surface area contributed by atoms with Crippen LogP contribution < -0.4 is 0 Å². The molecule has 4 nitrogen and oxygen atoms in total. The minimum Gasteiger partial charge on any atom is -0.460 e. The fraction of sp³-hybridized carbons (Fsp3) is 0.500. The summed E-state index contributed by atoms with van der Waals surface area (Å²) in [5.74, 6) is 1.99. The highest BCUT2D eigenvalue weighted by Gasteiger charge is 2.36. The van der Waals surface area contributed by atoms with Gasteiger partial charge in [0.2, 0.25) is 0 Å². The fourth-order valence-electron chi connectivity index (χ4n) is 1.65. The van der Waals surface area contributed by atoms with Gasteiger partial charge in [0.15, 0.2) is 0 Å². The number of terminal acetylenes is 1. The number of esters is 1. The molecule has 86 valence electrons. The molecule has 1 saturated heterocycles. The van der Waals surface area contributed by atoms with Crippen molar-refractivity contribution >= 4 is 12.3 Å². The lowest BCUT2D eigenvalue weighted by Gasteiger charge is -2.16. The first-order valence-electron chi connectivity index (χ1n) is 5.06. The van der Waals surface area contributed by atoms with Gasteiger partial charge in [-0.2, -0.15) is 0 Å². The minimum absolute atomic E-state index is 0.288. The Labute approximate surface area is 94.6 Å². The summed E-state index contributed by atoms with van der Waals surface area (Å²) >= 11 is 0. The standard InChI is InChI=1S/C12H14O4/c1-3-4-5-6-11-12(15-9(2)14)7-10(8-13)16-11/h1,4-5,8,10-12H,6-7H2,2H3/b5-4+/t10-,11-,12+/m1/s1. The summed E-state index contributed by atoms with van der Waals surface area (Å²) in [6, 6.07) is 0. The van der Waals surface area contributed by atoms with Gasteiger partial charge in [-0.1, -0.05) is 12.0 Å². The minimum atomic E-state index is -0.492. The molecule has 0 aromatic rings. The van der Waals surface area contributed by atoms with Gasteiger partial charge in [0, 0.05) is 13.3 Å². The number of ether oxygens (including phenoxy) is 2. The van der Waals surface area contributed by atoms with Gasteiger partial charge in [-0.3, -0.25) is 4.79 Å². The smallest absolute Gasteiger partial charge is 0.302 e. The van der Waals surface area contributed by atoms with Crippen LogP contribution in [0.2, 0.25) is 0 Å². The molecule has 0 bridgehead atoms. The van der Waals surface area contributed by atoms with Crippen molar-refractivity contribution in [2.45, 2.75) is 38.1 Å². The van der Waals surface area contributed by atoms with Crippen LogP contribution >= 0.6 is 0 Å². The van der Waals surface area contributed by atoms with Crippen molar-refractivity contribution in [3.63, 3.8) is 0 Å². The van der Waals surface area contributed by atoms with Crippen molar-refractivity contribution in [2.75, 3.05) is 0 Å². The van der Waals surface area contributed by atoms with Crippen molar-refractivity contribution < 1.29 is 19.1 Å². The van der Waals surface area contributed by atoms with E-state index in [2.05, 4.69) is 5.92 Å². The van der Waals surface area contributed by atoms with Gasteiger partial charge in [0.1, 0.15) is 18.5 Å². The molecule has 0 unspecified atom stereocenters. The molecule has 1 aliphatic rings. The predicted octanol–water partition coefficient (Wildman–Crippen LogP) is 0.854. The van der Waals surface area contributed by atoms with Crippen LogP contribution in [0.5, 0.6) is 0 Å². The second-order valence-corrected chi connectivity index (χ2v) is 3.54. The SMILES string of the molecule is C#C/C=C/C[C@H]1O[C@@H](C=O)C[C@@H]1OC(C)=O. The van der Waals surface area contributed by atoms with Crippen molar-refractivity contribution in [1.82, 2.24) is 0 Å².